The number of aromatic nitrogens is 1. The van der Waals surface area contributed by atoms with Crippen LogP contribution < -0.4 is 9.47 Å². The normalized spacial score (nSPS) is 11.6. The summed E-state index contributed by atoms with van der Waals surface area (Å²) in [5.41, 5.74) is 3.84. The number of rotatable bonds is 7. The van der Waals surface area contributed by atoms with Crippen molar-refractivity contribution in [3.8, 4) is 11.5 Å². The van der Waals surface area contributed by atoms with Gasteiger partial charge in [0.05, 0.1) is 18.3 Å². The lowest BCUT2D eigenvalue weighted by atomic mass is 10.2. The molecule has 0 radical (unpaired) electrons. The molecule has 1 heterocycles. The molecule has 0 spiro atoms. The molecule has 0 amide bonds. The molecule has 4 heteroatoms. The van der Waals surface area contributed by atoms with Gasteiger partial charge in [0.1, 0.15) is 6.61 Å². The van der Waals surface area contributed by atoms with E-state index in [4.69, 9.17) is 9.47 Å². The highest BCUT2D eigenvalue weighted by molar-refractivity contribution is 5.94. The highest BCUT2D eigenvalue weighted by Gasteiger charge is 2.16. The van der Waals surface area contributed by atoms with Gasteiger partial charge in [0.2, 0.25) is 0 Å². The summed E-state index contributed by atoms with van der Waals surface area (Å²) < 4.78 is 13.6. The van der Waals surface area contributed by atoms with Crippen LogP contribution in [0.4, 0.5) is 0 Å². The van der Waals surface area contributed by atoms with Crippen molar-refractivity contribution in [2.24, 2.45) is 0 Å². The van der Waals surface area contributed by atoms with E-state index in [0.29, 0.717) is 30.3 Å². The molecule has 0 saturated carbocycles. The molecule has 4 nitrogen and oxygen atoms in total. The molecule has 0 saturated heterocycles. The van der Waals surface area contributed by atoms with Crippen molar-refractivity contribution in [2.45, 2.75) is 27.0 Å². The van der Waals surface area contributed by atoms with Gasteiger partial charge in [0.25, 0.3) is 0 Å². The fourth-order valence-electron chi connectivity index (χ4n) is 2.96. The van der Waals surface area contributed by atoms with Crippen molar-refractivity contribution in [1.29, 1.82) is 0 Å². The Hall–Kier alpha value is -3.01. The number of benzene rings is 2. The highest BCUT2D eigenvalue weighted by atomic mass is 16.5. The average Bonchev–Trinajstić information content (AvgIpc) is 3.04. The molecule has 0 aliphatic rings. The van der Waals surface area contributed by atoms with Crippen LogP contribution in [0.5, 0.6) is 11.5 Å². The van der Waals surface area contributed by atoms with Crippen LogP contribution in [0.15, 0.2) is 60.2 Å². The first-order valence-corrected chi connectivity index (χ1v) is 8.61. The number of ether oxygens (including phenoxy) is 2. The monoisotopic (exact) mass is 349 g/mol. The molecule has 26 heavy (non-hydrogen) atoms. The Morgan fingerprint density at radius 3 is 2.58 bits per heavy atom. The maximum absolute atomic E-state index is 11.6. The third-order valence-corrected chi connectivity index (χ3v) is 4.50. The van der Waals surface area contributed by atoms with Gasteiger partial charge in [-0.3, -0.25) is 4.79 Å². The molecule has 0 atom stereocenters. The largest absolute Gasteiger partial charge is 0.493 e. The molecule has 3 rings (SSSR count). The van der Waals surface area contributed by atoms with E-state index in [1.54, 1.807) is 7.11 Å². The quantitative estimate of drug-likeness (QED) is 0.445. The van der Waals surface area contributed by atoms with Gasteiger partial charge >= 0.3 is 0 Å². The summed E-state index contributed by atoms with van der Waals surface area (Å²) in [6.07, 6.45) is 2.94. The molecule has 134 valence electrons. The number of aldehydes is 1. The zero-order chi connectivity index (χ0) is 18.5. The minimum absolute atomic E-state index is 0.436. The molecular weight excluding hydrogens is 326 g/mol. The number of carbonyl (C=O) groups excluding carboxylic acids is 1. The molecule has 0 fully saturated rings. The Labute approximate surface area is 153 Å². The lowest BCUT2D eigenvalue weighted by Crippen LogP contribution is -2.03. The minimum atomic E-state index is 0.436. The van der Waals surface area contributed by atoms with Gasteiger partial charge in [0, 0.05) is 11.9 Å². The van der Waals surface area contributed by atoms with Gasteiger partial charge in [0.15, 0.2) is 17.8 Å². The molecule has 0 aliphatic carbocycles. The first kappa shape index (κ1) is 17.8. The van der Waals surface area contributed by atoms with Crippen LogP contribution in [0, 0.1) is 0 Å². The van der Waals surface area contributed by atoms with E-state index >= 15 is 0 Å². The number of methoxy groups -OCH3 is 1. The standard InChI is InChI=1S/C22H23NO3/c1-4-16(2)13-23-18(14-24)12-19-20(23)10-11-21(25-3)22(19)26-15-17-8-6-5-7-9-17/h4-12,14H,13,15H2,1-3H3. The van der Waals surface area contributed by atoms with E-state index in [1.807, 2.05) is 60.0 Å². The Morgan fingerprint density at radius 1 is 1.15 bits per heavy atom. The zero-order valence-corrected chi connectivity index (χ0v) is 15.4. The maximum atomic E-state index is 11.6. The fraction of sp³-hybridized carbons (Fsp3) is 0.227. The third-order valence-electron chi connectivity index (χ3n) is 4.50. The maximum Gasteiger partial charge on any atom is 0.171 e. The van der Waals surface area contributed by atoms with Crippen LogP contribution in [0.1, 0.15) is 29.9 Å². The second-order valence-electron chi connectivity index (χ2n) is 6.21. The van der Waals surface area contributed by atoms with E-state index in [9.17, 15) is 4.79 Å². The number of fused-ring (bicyclic) bond motifs is 1. The SMILES string of the molecule is CC=C(C)Cn1c(C=O)cc2c(OCc3ccccc3)c(OC)ccc21. The Kier molecular flexibility index (Phi) is 5.42. The fourth-order valence-corrected chi connectivity index (χ4v) is 2.96. The third kappa shape index (κ3) is 3.49. The van der Waals surface area contributed by atoms with Gasteiger partial charge in [-0.05, 0) is 37.6 Å². The van der Waals surface area contributed by atoms with E-state index in [2.05, 4.69) is 13.0 Å². The van der Waals surface area contributed by atoms with Crippen molar-refractivity contribution < 1.29 is 14.3 Å². The smallest absolute Gasteiger partial charge is 0.171 e. The summed E-state index contributed by atoms with van der Waals surface area (Å²) in [6, 6.07) is 15.7. The lowest BCUT2D eigenvalue weighted by molar-refractivity contribution is 0.111. The molecule has 0 bridgehead atoms. The zero-order valence-electron chi connectivity index (χ0n) is 15.4. The van der Waals surface area contributed by atoms with E-state index < -0.39 is 0 Å². The van der Waals surface area contributed by atoms with Gasteiger partial charge in [-0.25, -0.2) is 0 Å². The van der Waals surface area contributed by atoms with Crippen molar-refractivity contribution in [2.75, 3.05) is 7.11 Å². The summed E-state index contributed by atoms with van der Waals surface area (Å²) in [5.74, 6) is 1.32. The van der Waals surface area contributed by atoms with Crippen molar-refractivity contribution >= 4 is 17.2 Å². The Morgan fingerprint density at radius 2 is 1.92 bits per heavy atom. The summed E-state index contributed by atoms with van der Waals surface area (Å²) in [5, 5.41) is 0.881. The molecule has 0 aliphatic heterocycles. The van der Waals surface area contributed by atoms with Crippen LogP contribution in [-0.2, 0) is 13.2 Å². The summed E-state index contributed by atoms with van der Waals surface area (Å²) in [4.78, 5) is 11.6. The first-order chi connectivity index (χ1) is 12.7. The van der Waals surface area contributed by atoms with Gasteiger partial charge < -0.3 is 14.0 Å². The first-order valence-electron chi connectivity index (χ1n) is 8.61. The van der Waals surface area contributed by atoms with Gasteiger partial charge in [-0.2, -0.15) is 0 Å². The summed E-state index contributed by atoms with van der Waals surface area (Å²) >= 11 is 0. The summed E-state index contributed by atoms with van der Waals surface area (Å²) in [7, 11) is 1.62. The number of carbonyl (C=O) groups is 1. The Balaban J connectivity index is 2.06. The highest BCUT2D eigenvalue weighted by Crippen LogP contribution is 2.38. The number of allylic oxidation sites excluding steroid dienone is 2. The van der Waals surface area contributed by atoms with Gasteiger partial charge in [-0.1, -0.05) is 42.0 Å². The minimum Gasteiger partial charge on any atom is -0.493 e. The number of hydrogen-bond donors (Lipinski definition) is 0. The van der Waals surface area contributed by atoms with Gasteiger partial charge in [-0.15, -0.1) is 0 Å². The van der Waals surface area contributed by atoms with Crippen LogP contribution in [-0.4, -0.2) is 18.0 Å². The molecule has 3 aromatic rings. The number of nitrogens with zero attached hydrogens (tertiary/aromatic N) is 1. The van der Waals surface area contributed by atoms with Crippen LogP contribution in [0.2, 0.25) is 0 Å². The Bertz CT molecular complexity index is 939. The average molecular weight is 349 g/mol. The lowest BCUT2D eigenvalue weighted by Gasteiger charge is -2.13. The van der Waals surface area contributed by atoms with Crippen molar-refractivity contribution in [1.82, 2.24) is 4.57 Å². The molecular formula is C22H23NO3. The second kappa shape index (κ2) is 7.91. The van der Waals surface area contributed by atoms with E-state index in [0.717, 1.165) is 22.8 Å². The second-order valence-corrected chi connectivity index (χ2v) is 6.21. The topological polar surface area (TPSA) is 40.5 Å². The van der Waals surface area contributed by atoms with Crippen molar-refractivity contribution in [3.05, 3.63) is 71.4 Å². The predicted octanol–water partition coefficient (Wildman–Crippen LogP) is 5.01. The van der Waals surface area contributed by atoms with Crippen LogP contribution >= 0.6 is 0 Å². The summed E-state index contributed by atoms with van der Waals surface area (Å²) in [6.45, 7) is 5.15. The molecule has 0 N–H and O–H groups in total. The van der Waals surface area contributed by atoms with E-state index in [-0.39, 0.29) is 0 Å². The predicted molar refractivity (Wildman–Crippen MR) is 104 cm³/mol. The molecule has 1 aromatic heterocycles. The van der Waals surface area contributed by atoms with Crippen molar-refractivity contribution in [3.63, 3.8) is 0 Å². The molecule has 0 unspecified atom stereocenters. The van der Waals surface area contributed by atoms with Crippen LogP contribution in [0.3, 0.4) is 0 Å². The molecule has 2 aromatic carbocycles. The number of hydrogen-bond acceptors (Lipinski definition) is 3. The van der Waals surface area contributed by atoms with E-state index in [1.165, 1.54) is 5.57 Å². The van der Waals surface area contributed by atoms with Crippen LogP contribution in [0.25, 0.3) is 10.9 Å².